The van der Waals surface area contributed by atoms with Crippen LogP contribution < -0.4 is 10.6 Å². The smallest absolute Gasteiger partial charge is 0.237 e. The maximum absolute atomic E-state index is 12.1. The van der Waals surface area contributed by atoms with Crippen molar-refractivity contribution in [3.8, 4) is 0 Å². The standard InChI is InChI=1S/C14H27N3O/c1-4-10(2)16-14(18)11(3)17-8-12-6-5-7-15-13(12)9-17/h10-13,15H,4-9H2,1-3H3,(H,16,18). The lowest BCUT2D eigenvalue weighted by Gasteiger charge is -2.25. The Morgan fingerprint density at radius 2 is 2.22 bits per heavy atom. The number of amides is 1. The summed E-state index contributed by atoms with van der Waals surface area (Å²) in [5.74, 6) is 0.931. The molecule has 0 aliphatic carbocycles. The third kappa shape index (κ3) is 3.04. The lowest BCUT2D eigenvalue weighted by Crippen LogP contribution is -2.47. The molecule has 2 aliphatic rings. The second-order valence-electron chi connectivity index (χ2n) is 5.91. The number of hydrogen-bond acceptors (Lipinski definition) is 3. The molecule has 0 aromatic rings. The summed E-state index contributed by atoms with van der Waals surface area (Å²) >= 11 is 0. The first-order valence-electron chi connectivity index (χ1n) is 7.39. The molecule has 4 unspecified atom stereocenters. The van der Waals surface area contributed by atoms with E-state index < -0.39 is 0 Å². The quantitative estimate of drug-likeness (QED) is 0.785. The molecule has 2 N–H and O–H groups in total. The second-order valence-corrected chi connectivity index (χ2v) is 5.91. The van der Waals surface area contributed by atoms with Gasteiger partial charge in [-0.2, -0.15) is 0 Å². The van der Waals surface area contributed by atoms with Gasteiger partial charge in [0.05, 0.1) is 6.04 Å². The molecular weight excluding hydrogens is 226 g/mol. The van der Waals surface area contributed by atoms with Crippen molar-refractivity contribution >= 4 is 5.91 Å². The largest absolute Gasteiger partial charge is 0.352 e. The van der Waals surface area contributed by atoms with Gasteiger partial charge in [0.1, 0.15) is 0 Å². The molecule has 2 heterocycles. The van der Waals surface area contributed by atoms with Crippen molar-refractivity contribution in [3.63, 3.8) is 0 Å². The number of piperidine rings is 1. The van der Waals surface area contributed by atoms with Gasteiger partial charge in [-0.3, -0.25) is 9.69 Å². The van der Waals surface area contributed by atoms with E-state index >= 15 is 0 Å². The van der Waals surface area contributed by atoms with Crippen LogP contribution in [0.15, 0.2) is 0 Å². The fourth-order valence-electron chi connectivity index (χ4n) is 3.03. The number of rotatable bonds is 4. The van der Waals surface area contributed by atoms with E-state index in [0.29, 0.717) is 6.04 Å². The van der Waals surface area contributed by atoms with Gasteiger partial charge >= 0.3 is 0 Å². The van der Waals surface area contributed by atoms with E-state index in [9.17, 15) is 4.79 Å². The molecule has 0 spiro atoms. The number of carbonyl (C=O) groups excluding carboxylic acids is 1. The summed E-state index contributed by atoms with van der Waals surface area (Å²) < 4.78 is 0. The zero-order chi connectivity index (χ0) is 13.1. The van der Waals surface area contributed by atoms with E-state index in [1.165, 1.54) is 12.8 Å². The third-order valence-electron chi connectivity index (χ3n) is 4.56. The van der Waals surface area contributed by atoms with E-state index in [2.05, 4.69) is 29.4 Å². The molecule has 0 aromatic carbocycles. The van der Waals surface area contributed by atoms with E-state index in [0.717, 1.165) is 32.0 Å². The lowest BCUT2D eigenvalue weighted by atomic mass is 9.94. The Balaban J connectivity index is 1.86. The molecular formula is C14H27N3O. The summed E-state index contributed by atoms with van der Waals surface area (Å²) in [5.41, 5.74) is 0. The predicted molar refractivity (Wildman–Crippen MR) is 73.4 cm³/mol. The maximum Gasteiger partial charge on any atom is 0.237 e. The monoisotopic (exact) mass is 253 g/mol. The summed E-state index contributed by atoms with van der Waals surface area (Å²) in [6.07, 6.45) is 3.58. The van der Waals surface area contributed by atoms with Gasteiger partial charge in [-0.25, -0.2) is 0 Å². The van der Waals surface area contributed by atoms with Crippen LogP contribution in [-0.2, 0) is 4.79 Å². The third-order valence-corrected chi connectivity index (χ3v) is 4.56. The normalized spacial score (nSPS) is 31.7. The molecule has 4 heteroatoms. The number of carbonyl (C=O) groups is 1. The van der Waals surface area contributed by atoms with Gasteiger partial charge < -0.3 is 10.6 Å². The second kappa shape index (κ2) is 6.02. The van der Waals surface area contributed by atoms with Gasteiger partial charge in [-0.1, -0.05) is 6.92 Å². The molecule has 4 nitrogen and oxygen atoms in total. The highest BCUT2D eigenvalue weighted by atomic mass is 16.2. The van der Waals surface area contributed by atoms with Gasteiger partial charge in [-0.05, 0) is 45.6 Å². The van der Waals surface area contributed by atoms with Crippen molar-refractivity contribution < 1.29 is 4.79 Å². The highest BCUT2D eigenvalue weighted by Gasteiger charge is 2.37. The maximum atomic E-state index is 12.1. The summed E-state index contributed by atoms with van der Waals surface area (Å²) in [4.78, 5) is 14.5. The van der Waals surface area contributed by atoms with E-state index in [1.807, 2.05) is 6.92 Å². The van der Waals surface area contributed by atoms with E-state index in [1.54, 1.807) is 0 Å². The predicted octanol–water partition coefficient (Wildman–Crippen LogP) is 0.973. The molecule has 18 heavy (non-hydrogen) atoms. The van der Waals surface area contributed by atoms with Crippen LogP contribution in [0.3, 0.4) is 0 Å². The minimum absolute atomic E-state index is 0.00593. The van der Waals surface area contributed by atoms with Crippen molar-refractivity contribution in [1.29, 1.82) is 0 Å². The van der Waals surface area contributed by atoms with Crippen molar-refractivity contribution in [2.75, 3.05) is 19.6 Å². The van der Waals surface area contributed by atoms with Crippen LogP contribution >= 0.6 is 0 Å². The molecule has 2 fully saturated rings. The average Bonchev–Trinajstić information content (AvgIpc) is 2.81. The minimum Gasteiger partial charge on any atom is -0.352 e. The molecule has 2 saturated heterocycles. The number of nitrogens with zero attached hydrogens (tertiary/aromatic N) is 1. The average molecular weight is 253 g/mol. The molecule has 4 atom stereocenters. The number of fused-ring (bicyclic) bond motifs is 1. The van der Waals surface area contributed by atoms with Gasteiger partial charge in [0, 0.05) is 25.2 Å². The fraction of sp³-hybridized carbons (Fsp3) is 0.929. The zero-order valence-corrected chi connectivity index (χ0v) is 11.9. The Hall–Kier alpha value is -0.610. The molecule has 104 valence electrons. The highest BCUT2D eigenvalue weighted by Crippen LogP contribution is 2.26. The van der Waals surface area contributed by atoms with Gasteiger partial charge in [0.25, 0.3) is 0 Å². The van der Waals surface area contributed by atoms with Crippen molar-refractivity contribution in [2.45, 2.75) is 58.2 Å². The van der Waals surface area contributed by atoms with Crippen LogP contribution in [0.4, 0.5) is 0 Å². The van der Waals surface area contributed by atoms with Gasteiger partial charge in [0.15, 0.2) is 0 Å². The Morgan fingerprint density at radius 1 is 1.44 bits per heavy atom. The number of hydrogen-bond donors (Lipinski definition) is 2. The van der Waals surface area contributed by atoms with Crippen LogP contribution in [0.1, 0.15) is 40.0 Å². The highest BCUT2D eigenvalue weighted by molar-refractivity contribution is 5.81. The lowest BCUT2D eigenvalue weighted by molar-refractivity contribution is -0.126. The summed E-state index contributed by atoms with van der Waals surface area (Å²) in [5, 5.41) is 6.67. The first-order valence-corrected chi connectivity index (χ1v) is 7.39. The van der Waals surface area contributed by atoms with Crippen LogP contribution in [0.5, 0.6) is 0 Å². The molecule has 1 amide bonds. The summed E-state index contributed by atoms with van der Waals surface area (Å²) in [6.45, 7) is 9.45. The Labute approximate surface area is 110 Å². The van der Waals surface area contributed by atoms with Gasteiger partial charge in [0.2, 0.25) is 5.91 Å². The zero-order valence-electron chi connectivity index (χ0n) is 11.9. The molecule has 0 saturated carbocycles. The van der Waals surface area contributed by atoms with Crippen LogP contribution in [0, 0.1) is 5.92 Å². The molecule has 0 bridgehead atoms. The topological polar surface area (TPSA) is 44.4 Å². The SMILES string of the molecule is CCC(C)NC(=O)C(C)N1CC2CCCNC2C1. The molecule has 0 aromatic heterocycles. The fourth-order valence-corrected chi connectivity index (χ4v) is 3.03. The Morgan fingerprint density at radius 3 is 2.89 bits per heavy atom. The Kier molecular flexibility index (Phi) is 4.62. The van der Waals surface area contributed by atoms with E-state index in [4.69, 9.17) is 0 Å². The Bertz CT molecular complexity index is 281. The number of nitrogens with one attached hydrogen (secondary N) is 2. The summed E-state index contributed by atoms with van der Waals surface area (Å²) in [6, 6.07) is 0.895. The first-order chi connectivity index (χ1) is 8.61. The minimum atomic E-state index is 0.00593. The number of likely N-dealkylation sites (tertiary alicyclic amines) is 1. The van der Waals surface area contributed by atoms with Gasteiger partial charge in [-0.15, -0.1) is 0 Å². The molecule has 0 radical (unpaired) electrons. The van der Waals surface area contributed by atoms with Crippen molar-refractivity contribution in [1.82, 2.24) is 15.5 Å². The summed E-state index contributed by atoms with van der Waals surface area (Å²) in [7, 11) is 0. The van der Waals surface area contributed by atoms with Crippen LogP contribution in [0.25, 0.3) is 0 Å². The van der Waals surface area contributed by atoms with E-state index in [-0.39, 0.29) is 18.0 Å². The van der Waals surface area contributed by atoms with Crippen molar-refractivity contribution in [2.24, 2.45) is 5.92 Å². The first kappa shape index (κ1) is 13.8. The molecule has 2 rings (SSSR count). The molecule has 2 aliphatic heterocycles. The van der Waals surface area contributed by atoms with Crippen molar-refractivity contribution in [3.05, 3.63) is 0 Å². The van der Waals surface area contributed by atoms with Crippen LogP contribution in [0.2, 0.25) is 0 Å². The van der Waals surface area contributed by atoms with Crippen LogP contribution in [-0.4, -0.2) is 48.6 Å².